The number of ether oxygens (including phenoxy) is 1. The van der Waals surface area contributed by atoms with Crippen molar-refractivity contribution in [3.8, 4) is 0 Å². The van der Waals surface area contributed by atoms with E-state index < -0.39 is 0 Å². The molecule has 1 saturated heterocycles. The lowest BCUT2D eigenvalue weighted by molar-refractivity contribution is -0.118. The van der Waals surface area contributed by atoms with Crippen LogP contribution in [0.5, 0.6) is 0 Å². The predicted molar refractivity (Wildman–Crippen MR) is 47.2 cm³/mol. The van der Waals surface area contributed by atoms with Gasteiger partial charge in [-0.1, -0.05) is 0 Å². The van der Waals surface area contributed by atoms with Gasteiger partial charge >= 0.3 is 0 Å². The number of ketones is 1. The first-order valence-corrected chi connectivity index (χ1v) is 4.48. The summed E-state index contributed by atoms with van der Waals surface area (Å²) in [6.07, 6.45) is 2.66. The molecular formula is C9H17NO2. The van der Waals surface area contributed by atoms with E-state index in [1.165, 1.54) is 6.42 Å². The molecule has 1 heterocycles. The van der Waals surface area contributed by atoms with E-state index in [9.17, 15) is 4.79 Å². The Morgan fingerprint density at radius 2 is 2.42 bits per heavy atom. The third-order valence-corrected chi connectivity index (χ3v) is 2.03. The first kappa shape index (κ1) is 9.68. The third-order valence-electron chi connectivity index (χ3n) is 2.03. The van der Waals surface area contributed by atoms with Gasteiger partial charge in [0.05, 0.1) is 12.6 Å². The van der Waals surface area contributed by atoms with E-state index in [1.54, 1.807) is 6.92 Å². The van der Waals surface area contributed by atoms with Crippen molar-refractivity contribution in [3.63, 3.8) is 0 Å². The van der Waals surface area contributed by atoms with Crippen LogP contribution in [0.3, 0.4) is 0 Å². The number of hydrogen-bond donors (Lipinski definition) is 0. The Kier molecular flexibility index (Phi) is 3.69. The lowest BCUT2D eigenvalue weighted by atomic mass is 10.2. The molecule has 1 fully saturated rings. The first-order chi connectivity index (χ1) is 5.68. The van der Waals surface area contributed by atoms with Crippen LogP contribution in [0.4, 0.5) is 0 Å². The van der Waals surface area contributed by atoms with E-state index in [2.05, 4.69) is 0 Å². The second-order valence-corrected chi connectivity index (χ2v) is 3.53. The number of carbonyl (C=O) groups excluding carboxylic acids is 1. The summed E-state index contributed by atoms with van der Waals surface area (Å²) in [6, 6.07) is 0. The van der Waals surface area contributed by atoms with Crippen LogP contribution in [0.2, 0.25) is 0 Å². The van der Waals surface area contributed by atoms with Crippen LogP contribution in [-0.4, -0.2) is 43.5 Å². The minimum atomic E-state index is 0.218. The van der Waals surface area contributed by atoms with Gasteiger partial charge < -0.3 is 4.74 Å². The summed E-state index contributed by atoms with van der Waals surface area (Å²) < 4.78 is 5.45. The van der Waals surface area contributed by atoms with Gasteiger partial charge in [0.1, 0.15) is 5.78 Å². The zero-order valence-electron chi connectivity index (χ0n) is 7.88. The maximum atomic E-state index is 10.7. The smallest absolute Gasteiger partial charge is 0.143 e. The molecular weight excluding hydrogens is 154 g/mol. The van der Waals surface area contributed by atoms with Crippen molar-refractivity contribution in [1.82, 2.24) is 4.90 Å². The van der Waals surface area contributed by atoms with Crippen molar-refractivity contribution in [2.45, 2.75) is 25.9 Å². The van der Waals surface area contributed by atoms with E-state index >= 15 is 0 Å². The molecule has 0 aromatic rings. The molecule has 0 bridgehead atoms. The van der Waals surface area contributed by atoms with Crippen LogP contribution in [0.1, 0.15) is 19.8 Å². The molecule has 1 atom stereocenters. The summed E-state index contributed by atoms with van der Waals surface area (Å²) in [5, 5.41) is 0. The molecule has 0 amide bonds. The van der Waals surface area contributed by atoms with Crippen LogP contribution in [0.25, 0.3) is 0 Å². The largest absolute Gasteiger partial charge is 0.377 e. The van der Waals surface area contributed by atoms with Crippen LogP contribution in [-0.2, 0) is 9.53 Å². The summed E-state index contributed by atoms with van der Waals surface area (Å²) in [5.41, 5.74) is 0. The highest BCUT2D eigenvalue weighted by Gasteiger charge is 2.17. The molecule has 0 aromatic heterocycles. The van der Waals surface area contributed by atoms with E-state index in [-0.39, 0.29) is 5.78 Å². The van der Waals surface area contributed by atoms with Gasteiger partial charge in [-0.2, -0.15) is 0 Å². The quantitative estimate of drug-likeness (QED) is 0.623. The summed E-state index contributed by atoms with van der Waals surface area (Å²) in [5.74, 6) is 0.218. The summed E-state index contributed by atoms with van der Waals surface area (Å²) in [4.78, 5) is 12.8. The zero-order valence-corrected chi connectivity index (χ0v) is 7.88. The molecule has 0 spiro atoms. The molecule has 0 aliphatic carbocycles. The normalized spacial score (nSPS) is 23.4. The number of hydrogen-bond acceptors (Lipinski definition) is 3. The van der Waals surface area contributed by atoms with Gasteiger partial charge in [0.25, 0.3) is 0 Å². The van der Waals surface area contributed by atoms with Crippen molar-refractivity contribution in [2.24, 2.45) is 0 Å². The SMILES string of the molecule is CC(=O)CN(C)CC1CCCO1. The topological polar surface area (TPSA) is 29.5 Å². The average molecular weight is 171 g/mol. The van der Waals surface area contributed by atoms with Gasteiger partial charge in [0.15, 0.2) is 0 Å². The fourth-order valence-electron chi connectivity index (χ4n) is 1.58. The maximum Gasteiger partial charge on any atom is 0.143 e. The zero-order chi connectivity index (χ0) is 8.97. The van der Waals surface area contributed by atoms with Gasteiger partial charge in [-0.15, -0.1) is 0 Å². The molecule has 0 radical (unpaired) electrons. The summed E-state index contributed by atoms with van der Waals surface area (Å²) in [6.45, 7) is 3.93. The van der Waals surface area contributed by atoms with Gasteiger partial charge in [-0.05, 0) is 26.8 Å². The van der Waals surface area contributed by atoms with Gasteiger partial charge in [0.2, 0.25) is 0 Å². The van der Waals surface area contributed by atoms with Gasteiger partial charge in [-0.25, -0.2) is 0 Å². The van der Waals surface area contributed by atoms with Gasteiger partial charge in [-0.3, -0.25) is 9.69 Å². The van der Waals surface area contributed by atoms with Crippen LogP contribution < -0.4 is 0 Å². The number of Topliss-reactive ketones (excluding diaryl/α,β-unsaturated/α-hetero) is 1. The van der Waals surface area contributed by atoms with Crippen molar-refractivity contribution in [2.75, 3.05) is 26.7 Å². The Balaban J connectivity index is 2.16. The Hall–Kier alpha value is -0.410. The molecule has 1 unspecified atom stereocenters. The Morgan fingerprint density at radius 1 is 1.67 bits per heavy atom. The minimum Gasteiger partial charge on any atom is -0.377 e. The predicted octanol–water partition coefficient (Wildman–Crippen LogP) is 0.686. The molecule has 3 nitrogen and oxygen atoms in total. The Labute approximate surface area is 73.7 Å². The van der Waals surface area contributed by atoms with E-state index in [0.29, 0.717) is 12.6 Å². The number of nitrogens with zero attached hydrogens (tertiary/aromatic N) is 1. The highest BCUT2D eigenvalue weighted by atomic mass is 16.5. The third kappa shape index (κ3) is 3.32. The molecule has 1 rings (SSSR count). The van der Waals surface area contributed by atoms with E-state index in [4.69, 9.17) is 4.74 Å². The summed E-state index contributed by atoms with van der Waals surface area (Å²) >= 11 is 0. The molecule has 12 heavy (non-hydrogen) atoms. The molecule has 3 heteroatoms. The van der Waals surface area contributed by atoms with Crippen LogP contribution >= 0.6 is 0 Å². The van der Waals surface area contributed by atoms with Crippen molar-refractivity contribution >= 4 is 5.78 Å². The molecule has 1 aliphatic rings. The Bertz CT molecular complexity index is 153. The standard InChI is InChI=1S/C9H17NO2/c1-8(11)6-10(2)7-9-4-3-5-12-9/h9H,3-7H2,1-2H3. The molecule has 0 saturated carbocycles. The molecule has 70 valence electrons. The average Bonchev–Trinajstić information content (AvgIpc) is 2.37. The molecule has 0 aromatic carbocycles. The Morgan fingerprint density at radius 3 is 2.92 bits per heavy atom. The number of likely N-dealkylation sites (N-methyl/N-ethyl adjacent to an activating group) is 1. The minimum absolute atomic E-state index is 0.218. The first-order valence-electron chi connectivity index (χ1n) is 4.48. The van der Waals surface area contributed by atoms with Crippen molar-refractivity contribution in [3.05, 3.63) is 0 Å². The highest BCUT2D eigenvalue weighted by molar-refractivity contribution is 5.77. The second kappa shape index (κ2) is 4.58. The number of rotatable bonds is 4. The lowest BCUT2D eigenvalue weighted by Gasteiger charge is -2.18. The molecule has 0 N–H and O–H groups in total. The van der Waals surface area contributed by atoms with E-state index in [0.717, 1.165) is 19.6 Å². The fourth-order valence-corrected chi connectivity index (χ4v) is 1.58. The fraction of sp³-hybridized carbons (Fsp3) is 0.889. The van der Waals surface area contributed by atoms with Crippen LogP contribution in [0.15, 0.2) is 0 Å². The van der Waals surface area contributed by atoms with Crippen molar-refractivity contribution < 1.29 is 9.53 Å². The maximum absolute atomic E-state index is 10.7. The highest BCUT2D eigenvalue weighted by Crippen LogP contribution is 2.12. The van der Waals surface area contributed by atoms with Crippen LogP contribution in [0, 0.1) is 0 Å². The second-order valence-electron chi connectivity index (χ2n) is 3.53. The molecule has 1 aliphatic heterocycles. The number of carbonyl (C=O) groups is 1. The van der Waals surface area contributed by atoms with Crippen molar-refractivity contribution in [1.29, 1.82) is 0 Å². The van der Waals surface area contributed by atoms with E-state index in [1.807, 2.05) is 11.9 Å². The lowest BCUT2D eigenvalue weighted by Crippen LogP contribution is -2.32. The monoisotopic (exact) mass is 171 g/mol. The summed E-state index contributed by atoms with van der Waals surface area (Å²) in [7, 11) is 1.96. The van der Waals surface area contributed by atoms with Gasteiger partial charge in [0, 0.05) is 13.2 Å².